The van der Waals surface area contributed by atoms with E-state index >= 15 is 0 Å². The molecule has 2 aliphatic heterocycles. The Kier molecular flexibility index (Phi) is 4.07. The number of anilines is 1. The number of carbonyl (C=O) groups is 2. The van der Waals surface area contributed by atoms with Gasteiger partial charge in [-0.3, -0.25) is 19.8 Å². The van der Waals surface area contributed by atoms with Crippen molar-refractivity contribution in [3.63, 3.8) is 0 Å². The number of hydrogen-bond donors (Lipinski definition) is 1. The van der Waals surface area contributed by atoms with E-state index in [1.165, 1.54) is 0 Å². The highest BCUT2D eigenvalue weighted by molar-refractivity contribution is 6.20. The van der Waals surface area contributed by atoms with Gasteiger partial charge in [-0.15, -0.1) is 0 Å². The summed E-state index contributed by atoms with van der Waals surface area (Å²) in [7, 11) is 0. The Hall–Kier alpha value is -2.37. The molecule has 1 atom stereocenters. The van der Waals surface area contributed by atoms with E-state index in [-0.39, 0.29) is 11.8 Å². The van der Waals surface area contributed by atoms with Crippen molar-refractivity contribution in [3.8, 4) is 0 Å². The largest absolute Gasteiger partial charge is 0.334 e. The zero-order valence-corrected chi connectivity index (χ0v) is 13.6. The maximum absolute atomic E-state index is 13.0. The van der Waals surface area contributed by atoms with Gasteiger partial charge in [0.15, 0.2) is 0 Å². The molecule has 1 aromatic carbocycles. The minimum Gasteiger partial charge on any atom is -0.334 e. The number of aliphatic imine (C=N–C) groups is 1. The molecule has 0 aliphatic carbocycles. The molecule has 2 aliphatic rings. The Morgan fingerprint density at radius 2 is 1.96 bits per heavy atom. The summed E-state index contributed by atoms with van der Waals surface area (Å²) in [5.41, 5.74) is 0.0468. The van der Waals surface area contributed by atoms with Gasteiger partial charge in [0.1, 0.15) is 18.8 Å². The lowest BCUT2D eigenvalue weighted by atomic mass is 9.77. The van der Waals surface area contributed by atoms with Gasteiger partial charge < -0.3 is 4.90 Å². The Balaban J connectivity index is 1.91. The molecule has 1 saturated heterocycles. The maximum Gasteiger partial charge on any atom is 0.246 e. The summed E-state index contributed by atoms with van der Waals surface area (Å²) in [5, 5.41) is 2.84. The zero-order chi connectivity index (χ0) is 16.4. The minimum absolute atomic E-state index is 0.134. The highest BCUT2D eigenvalue weighted by atomic mass is 16.2. The van der Waals surface area contributed by atoms with E-state index < -0.39 is 5.41 Å². The second-order valence-corrected chi connectivity index (χ2v) is 6.01. The van der Waals surface area contributed by atoms with Crippen LogP contribution in [0.2, 0.25) is 0 Å². The number of benzene rings is 1. The van der Waals surface area contributed by atoms with Crippen LogP contribution in [0.3, 0.4) is 0 Å². The fourth-order valence-corrected chi connectivity index (χ4v) is 3.30. The third kappa shape index (κ3) is 2.48. The Morgan fingerprint density at radius 1 is 1.22 bits per heavy atom. The summed E-state index contributed by atoms with van der Waals surface area (Å²) in [6, 6.07) is 9.86. The highest BCUT2D eigenvalue weighted by Crippen LogP contribution is 2.35. The maximum atomic E-state index is 13.0. The van der Waals surface area contributed by atoms with Gasteiger partial charge >= 0.3 is 0 Å². The van der Waals surface area contributed by atoms with Gasteiger partial charge in [0.25, 0.3) is 0 Å². The van der Waals surface area contributed by atoms with Crippen LogP contribution in [0.4, 0.5) is 5.69 Å². The average Bonchev–Trinajstić information content (AvgIpc) is 2.59. The number of rotatable bonds is 4. The fourth-order valence-electron chi connectivity index (χ4n) is 3.30. The number of amides is 2. The molecule has 0 aromatic heterocycles. The minimum atomic E-state index is -0.965. The summed E-state index contributed by atoms with van der Waals surface area (Å²) >= 11 is 0. The highest BCUT2D eigenvalue weighted by Gasteiger charge is 2.52. The molecule has 1 N–H and O–H groups in total. The third-order valence-electron chi connectivity index (χ3n) is 4.68. The molecule has 1 fully saturated rings. The van der Waals surface area contributed by atoms with E-state index in [1.54, 1.807) is 4.90 Å². The van der Waals surface area contributed by atoms with E-state index in [0.717, 1.165) is 12.1 Å². The van der Waals surface area contributed by atoms with Gasteiger partial charge in [-0.1, -0.05) is 38.5 Å². The van der Waals surface area contributed by atoms with E-state index in [2.05, 4.69) is 10.3 Å². The quantitative estimate of drug-likeness (QED) is 0.864. The van der Waals surface area contributed by atoms with Crippen LogP contribution < -0.4 is 10.2 Å². The monoisotopic (exact) mass is 314 g/mol. The zero-order valence-electron chi connectivity index (χ0n) is 13.6. The summed E-state index contributed by atoms with van der Waals surface area (Å²) < 4.78 is 0. The SMILES string of the molecule is CCCC1(CC)C(=O)NC2=NCN(c3ccccc3)CN2C1=O. The number of hydrogen-bond acceptors (Lipinski definition) is 4. The van der Waals surface area contributed by atoms with Crippen molar-refractivity contribution < 1.29 is 9.59 Å². The van der Waals surface area contributed by atoms with Gasteiger partial charge in [0.2, 0.25) is 17.8 Å². The summed E-state index contributed by atoms with van der Waals surface area (Å²) in [6.45, 7) is 4.73. The Morgan fingerprint density at radius 3 is 2.61 bits per heavy atom. The Labute approximate surface area is 136 Å². The van der Waals surface area contributed by atoms with Crippen molar-refractivity contribution in [2.45, 2.75) is 33.1 Å². The van der Waals surface area contributed by atoms with Crippen LogP contribution >= 0.6 is 0 Å². The number of para-hydroxylation sites is 1. The van der Waals surface area contributed by atoms with Crippen molar-refractivity contribution in [1.29, 1.82) is 0 Å². The lowest BCUT2D eigenvalue weighted by Crippen LogP contribution is -2.67. The van der Waals surface area contributed by atoms with Gasteiger partial charge in [0.05, 0.1) is 0 Å². The predicted molar refractivity (Wildman–Crippen MR) is 88.7 cm³/mol. The molecule has 6 nitrogen and oxygen atoms in total. The summed E-state index contributed by atoms with van der Waals surface area (Å²) in [4.78, 5) is 33.6. The van der Waals surface area contributed by atoms with Gasteiger partial charge in [-0.25, -0.2) is 4.99 Å². The van der Waals surface area contributed by atoms with Crippen LogP contribution in [-0.4, -0.2) is 36.0 Å². The molecule has 3 rings (SSSR count). The molecule has 0 spiro atoms. The van der Waals surface area contributed by atoms with Crippen LogP contribution in [0, 0.1) is 5.41 Å². The molecule has 0 radical (unpaired) electrons. The molecule has 0 saturated carbocycles. The molecular weight excluding hydrogens is 292 g/mol. The standard InChI is InChI=1S/C17H22N4O2/c1-3-10-17(4-2)14(22)19-16-18-11-20(12-21(16)15(17)23)13-8-6-5-7-9-13/h5-9H,3-4,10-12H2,1-2H3,(H,18,19,22). The topological polar surface area (TPSA) is 65.0 Å². The summed E-state index contributed by atoms with van der Waals surface area (Å²) in [5.74, 6) is 0.0346. The van der Waals surface area contributed by atoms with Gasteiger partial charge in [-0.2, -0.15) is 0 Å². The number of nitrogens with zero attached hydrogens (tertiary/aromatic N) is 3. The van der Waals surface area contributed by atoms with Crippen LogP contribution in [0.1, 0.15) is 33.1 Å². The lowest BCUT2D eigenvalue weighted by molar-refractivity contribution is -0.151. The molecular formula is C17H22N4O2. The Bertz CT molecular complexity index is 643. The molecule has 1 aromatic rings. The normalized spacial score (nSPS) is 24.2. The van der Waals surface area contributed by atoms with Crippen LogP contribution in [0.15, 0.2) is 35.3 Å². The van der Waals surface area contributed by atoms with Crippen molar-refractivity contribution in [2.24, 2.45) is 10.4 Å². The van der Waals surface area contributed by atoms with E-state index in [9.17, 15) is 9.59 Å². The van der Waals surface area contributed by atoms with E-state index in [4.69, 9.17) is 0 Å². The van der Waals surface area contributed by atoms with Crippen LogP contribution in [0.25, 0.3) is 0 Å². The van der Waals surface area contributed by atoms with Crippen molar-refractivity contribution >= 4 is 23.5 Å². The molecule has 6 heteroatoms. The first-order valence-corrected chi connectivity index (χ1v) is 8.10. The van der Waals surface area contributed by atoms with Crippen molar-refractivity contribution in [2.75, 3.05) is 18.2 Å². The fraction of sp³-hybridized carbons (Fsp3) is 0.471. The molecule has 2 heterocycles. The smallest absolute Gasteiger partial charge is 0.246 e. The van der Waals surface area contributed by atoms with Crippen LogP contribution in [0.5, 0.6) is 0 Å². The molecule has 122 valence electrons. The third-order valence-corrected chi connectivity index (χ3v) is 4.68. The van der Waals surface area contributed by atoms with E-state index in [0.29, 0.717) is 32.1 Å². The van der Waals surface area contributed by atoms with Gasteiger partial charge in [0, 0.05) is 5.69 Å². The number of nitrogens with one attached hydrogen (secondary N) is 1. The van der Waals surface area contributed by atoms with E-state index in [1.807, 2.05) is 49.1 Å². The second-order valence-electron chi connectivity index (χ2n) is 6.01. The molecule has 23 heavy (non-hydrogen) atoms. The first-order valence-electron chi connectivity index (χ1n) is 8.10. The molecule has 1 unspecified atom stereocenters. The second kappa shape index (κ2) is 6.02. The number of carbonyl (C=O) groups excluding carboxylic acids is 2. The first kappa shape index (κ1) is 15.5. The number of guanidine groups is 1. The number of fused-ring (bicyclic) bond motifs is 1. The van der Waals surface area contributed by atoms with Crippen LogP contribution in [-0.2, 0) is 9.59 Å². The summed E-state index contributed by atoms with van der Waals surface area (Å²) in [6.07, 6.45) is 1.85. The van der Waals surface area contributed by atoms with Crippen molar-refractivity contribution in [1.82, 2.24) is 10.2 Å². The first-order chi connectivity index (χ1) is 11.1. The average molecular weight is 314 g/mol. The molecule has 0 bridgehead atoms. The molecule has 2 amide bonds. The van der Waals surface area contributed by atoms with Gasteiger partial charge in [-0.05, 0) is 25.0 Å². The van der Waals surface area contributed by atoms with Crippen molar-refractivity contribution in [3.05, 3.63) is 30.3 Å². The lowest BCUT2D eigenvalue weighted by Gasteiger charge is -2.44. The predicted octanol–water partition coefficient (Wildman–Crippen LogP) is 1.93.